The van der Waals surface area contributed by atoms with Crippen LogP contribution < -0.4 is 5.32 Å². The van der Waals surface area contributed by atoms with E-state index in [4.69, 9.17) is 16.6 Å². The first-order valence-corrected chi connectivity index (χ1v) is 8.36. The minimum Gasteiger partial charge on any atom is -0.373 e. The van der Waals surface area contributed by atoms with Crippen LogP contribution in [0, 0.1) is 0 Å². The van der Waals surface area contributed by atoms with Crippen LogP contribution in [-0.2, 0) is 0 Å². The quantitative estimate of drug-likeness (QED) is 0.805. The molecule has 3 rings (SSSR count). The Morgan fingerprint density at radius 1 is 1.19 bits per heavy atom. The van der Waals surface area contributed by atoms with Crippen molar-refractivity contribution in [2.75, 3.05) is 12.4 Å². The van der Waals surface area contributed by atoms with E-state index in [1.54, 1.807) is 0 Å². The Balaban J connectivity index is 2.04. The second kappa shape index (κ2) is 6.32. The molecule has 1 aromatic heterocycles. The summed E-state index contributed by atoms with van der Waals surface area (Å²) in [5.41, 5.74) is 2.08. The highest BCUT2D eigenvalue weighted by Gasteiger charge is 2.20. The van der Waals surface area contributed by atoms with Gasteiger partial charge in [0.1, 0.15) is 5.82 Å². The first-order chi connectivity index (χ1) is 10.2. The summed E-state index contributed by atoms with van der Waals surface area (Å²) in [4.78, 5) is 9.35. The van der Waals surface area contributed by atoms with Gasteiger partial charge in [-0.25, -0.2) is 9.97 Å². The minimum absolute atomic E-state index is 0.560. The summed E-state index contributed by atoms with van der Waals surface area (Å²) in [5, 5.41) is 3.81. The van der Waals surface area contributed by atoms with E-state index < -0.39 is 0 Å². The Morgan fingerprint density at radius 3 is 2.62 bits per heavy atom. The third kappa shape index (κ3) is 3.22. The number of anilines is 1. The molecule has 0 spiro atoms. The van der Waals surface area contributed by atoms with Crippen molar-refractivity contribution < 1.29 is 0 Å². The topological polar surface area (TPSA) is 37.8 Å². The number of benzene rings is 1. The summed E-state index contributed by atoms with van der Waals surface area (Å²) in [6.45, 7) is 0. The number of hydrogen-bond donors (Lipinski definition) is 1. The Bertz CT molecular complexity index is 654. The van der Waals surface area contributed by atoms with Crippen molar-refractivity contribution in [1.82, 2.24) is 9.97 Å². The van der Waals surface area contributed by atoms with E-state index in [1.165, 1.54) is 25.7 Å². The normalized spacial score (nSPS) is 15.4. The molecule has 0 amide bonds. The fourth-order valence-electron chi connectivity index (χ4n) is 2.79. The summed E-state index contributed by atoms with van der Waals surface area (Å²) in [5.74, 6) is 2.16. The zero-order valence-corrected chi connectivity index (χ0v) is 14.2. The van der Waals surface area contributed by atoms with Crippen LogP contribution in [0.1, 0.15) is 37.3 Å². The highest BCUT2D eigenvalue weighted by Crippen LogP contribution is 2.35. The lowest BCUT2D eigenvalue weighted by atomic mass is 10.0. The molecule has 1 N–H and O–H groups in total. The Hall–Kier alpha value is -1.13. The molecule has 0 atom stereocenters. The molecule has 0 radical (unpaired) electrons. The highest BCUT2D eigenvalue weighted by atomic mass is 79.9. The van der Waals surface area contributed by atoms with Gasteiger partial charge in [-0.3, -0.25) is 0 Å². The molecule has 1 fully saturated rings. The van der Waals surface area contributed by atoms with E-state index in [0.717, 1.165) is 27.4 Å². The molecule has 1 aromatic carbocycles. The van der Waals surface area contributed by atoms with Crippen molar-refractivity contribution >= 4 is 33.3 Å². The number of aromatic nitrogens is 2. The van der Waals surface area contributed by atoms with Gasteiger partial charge in [0.25, 0.3) is 0 Å². The second-order valence-corrected chi connectivity index (χ2v) is 6.62. The second-order valence-electron chi connectivity index (χ2n) is 5.36. The molecule has 2 aromatic rings. The van der Waals surface area contributed by atoms with Crippen LogP contribution in [0.4, 0.5) is 5.82 Å². The summed E-state index contributed by atoms with van der Waals surface area (Å²) in [7, 11) is 1.89. The molecule has 1 aliphatic rings. The third-order valence-electron chi connectivity index (χ3n) is 3.95. The molecule has 21 heavy (non-hydrogen) atoms. The Morgan fingerprint density at radius 2 is 1.95 bits per heavy atom. The standard InChI is InChI=1S/C16H17BrClN3/c1-19-15-9-14(10-4-2-3-5-10)20-16(21-15)11-6-7-12(17)13(18)8-11/h6-10H,2-5H2,1H3,(H,19,20,21). The van der Waals surface area contributed by atoms with E-state index in [-0.39, 0.29) is 0 Å². The molecular weight excluding hydrogens is 350 g/mol. The summed E-state index contributed by atoms with van der Waals surface area (Å²) >= 11 is 9.60. The molecule has 1 heterocycles. The van der Waals surface area contributed by atoms with E-state index in [2.05, 4.69) is 32.3 Å². The molecule has 1 saturated carbocycles. The average molecular weight is 367 g/mol. The number of hydrogen-bond acceptors (Lipinski definition) is 3. The van der Waals surface area contributed by atoms with E-state index in [1.807, 2.05) is 25.2 Å². The summed E-state index contributed by atoms with van der Waals surface area (Å²) in [6, 6.07) is 7.89. The maximum Gasteiger partial charge on any atom is 0.161 e. The molecule has 0 bridgehead atoms. The van der Waals surface area contributed by atoms with Gasteiger partial charge < -0.3 is 5.32 Å². The average Bonchev–Trinajstić information content (AvgIpc) is 3.04. The number of nitrogens with zero attached hydrogens (tertiary/aromatic N) is 2. The Kier molecular flexibility index (Phi) is 4.45. The largest absolute Gasteiger partial charge is 0.373 e. The Labute approximate surface area is 138 Å². The van der Waals surface area contributed by atoms with Gasteiger partial charge >= 0.3 is 0 Å². The highest BCUT2D eigenvalue weighted by molar-refractivity contribution is 9.10. The predicted octanol–water partition coefficient (Wildman–Crippen LogP) is 5.26. The van der Waals surface area contributed by atoms with Crippen molar-refractivity contribution in [2.45, 2.75) is 31.6 Å². The van der Waals surface area contributed by atoms with Crippen molar-refractivity contribution in [3.05, 3.63) is 39.5 Å². The monoisotopic (exact) mass is 365 g/mol. The first-order valence-electron chi connectivity index (χ1n) is 7.19. The third-order valence-corrected chi connectivity index (χ3v) is 5.19. The van der Waals surface area contributed by atoms with Gasteiger partial charge in [0.2, 0.25) is 0 Å². The molecule has 3 nitrogen and oxygen atoms in total. The van der Waals surface area contributed by atoms with Crippen LogP contribution in [0.5, 0.6) is 0 Å². The van der Waals surface area contributed by atoms with E-state index in [0.29, 0.717) is 10.9 Å². The van der Waals surface area contributed by atoms with Gasteiger partial charge in [-0.05, 0) is 47.0 Å². The van der Waals surface area contributed by atoms with Crippen LogP contribution in [0.2, 0.25) is 5.02 Å². The summed E-state index contributed by atoms with van der Waals surface area (Å²) < 4.78 is 0.883. The smallest absolute Gasteiger partial charge is 0.161 e. The molecule has 1 aliphatic carbocycles. The zero-order chi connectivity index (χ0) is 14.8. The number of nitrogens with one attached hydrogen (secondary N) is 1. The maximum atomic E-state index is 6.19. The van der Waals surface area contributed by atoms with Crippen molar-refractivity contribution in [2.24, 2.45) is 0 Å². The van der Waals surface area contributed by atoms with Crippen molar-refractivity contribution in [1.29, 1.82) is 0 Å². The maximum absolute atomic E-state index is 6.19. The lowest BCUT2D eigenvalue weighted by molar-refractivity contribution is 0.696. The van der Waals surface area contributed by atoms with Gasteiger partial charge in [0, 0.05) is 34.8 Å². The molecule has 5 heteroatoms. The van der Waals surface area contributed by atoms with Gasteiger partial charge in [-0.2, -0.15) is 0 Å². The molecular formula is C16H17BrClN3. The van der Waals surface area contributed by atoms with Crippen LogP contribution in [0.25, 0.3) is 11.4 Å². The van der Waals surface area contributed by atoms with Gasteiger partial charge in [-0.1, -0.05) is 24.4 Å². The molecule has 0 aliphatic heterocycles. The lowest BCUT2D eigenvalue weighted by Crippen LogP contribution is -2.03. The predicted molar refractivity (Wildman–Crippen MR) is 90.9 cm³/mol. The number of halogens is 2. The van der Waals surface area contributed by atoms with E-state index in [9.17, 15) is 0 Å². The fraction of sp³-hybridized carbons (Fsp3) is 0.375. The van der Waals surface area contributed by atoms with Crippen molar-refractivity contribution in [3.63, 3.8) is 0 Å². The van der Waals surface area contributed by atoms with E-state index >= 15 is 0 Å². The lowest BCUT2D eigenvalue weighted by Gasteiger charge is -2.12. The van der Waals surface area contributed by atoms with Crippen LogP contribution in [0.15, 0.2) is 28.7 Å². The van der Waals surface area contributed by atoms with Crippen molar-refractivity contribution in [3.8, 4) is 11.4 Å². The SMILES string of the molecule is CNc1cc(C2CCCC2)nc(-c2ccc(Br)c(Cl)c2)n1. The summed E-state index contributed by atoms with van der Waals surface area (Å²) in [6.07, 6.45) is 5.04. The molecule has 0 unspecified atom stereocenters. The molecule has 0 saturated heterocycles. The number of rotatable bonds is 3. The fourth-order valence-corrected chi connectivity index (χ4v) is 3.22. The van der Waals surface area contributed by atoms with Gasteiger partial charge in [-0.15, -0.1) is 0 Å². The van der Waals surface area contributed by atoms with Gasteiger partial charge in [0.15, 0.2) is 5.82 Å². The zero-order valence-electron chi connectivity index (χ0n) is 11.9. The van der Waals surface area contributed by atoms with Crippen LogP contribution in [0.3, 0.4) is 0 Å². The molecule has 110 valence electrons. The minimum atomic E-state index is 0.560. The first kappa shape index (κ1) is 14.8. The van der Waals surface area contributed by atoms with Crippen LogP contribution in [-0.4, -0.2) is 17.0 Å². The van der Waals surface area contributed by atoms with Gasteiger partial charge in [0.05, 0.1) is 5.02 Å². The van der Waals surface area contributed by atoms with Crippen LogP contribution >= 0.6 is 27.5 Å².